The lowest BCUT2D eigenvalue weighted by Gasteiger charge is -2.05. The average Bonchev–Trinajstić information content (AvgIpc) is 3.09. The van der Waals surface area contributed by atoms with E-state index in [2.05, 4.69) is 20.3 Å². The normalized spacial score (nSPS) is 10.6. The van der Waals surface area contributed by atoms with E-state index in [0.717, 1.165) is 5.69 Å². The number of nitrogens with zero attached hydrogens (tertiary/aromatic N) is 3. The summed E-state index contributed by atoms with van der Waals surface area (Å²) < 4.78 is 5.48. The molecule has 0 fully saturated rings. The molecule has 2 aromatic heterocycles. The van der Waals surface area contributed by atoms with Gasteiger partial charge in [0.05, 0.1) is 11.2 Å². The van der Waals surface area contributed by atoms with Gasteiger partial charge in [-0.15, -0.1) is 11.3 Å². The summed E-state index contributed by atoms with van der Waals surface area (Å²) in [6, 6.07) is 8.94. The first-order valence-corrected chi connectivity index (χ1v) is 7.66. The third-order valence-corrected chi connectivity index (χ3v) is 3.33. The van der Waals surface area contributed by atoms with Crippen molar-refractivity contribution < 1.29 is 9.53 Å². The monoisotopic (exact) mass is 324 g/mol. The quantitative estimate of drug-likeness (QED) is 0.728. The van der Waals surface area contributed by atoms with Crippen LogP contribution in [-0.2, 0) is 4.79 Å². The van der Waals surface area contributed by atoms with Crippen LogP contribution in [0.2, 0.25) is 0 Å². The number of carbonyl (C=O) groups is 1. The molecule has 1 aromatic carbocycles. The molecular formula is C16H12N4O2S. The molecule has 1 amide bonds. The number of nitrogens with one attached hydrogen (secondary N) is 1. The van der Waals surface area contributed by atoms with Gasteiger partial charge in [-0.2, -0.15) is 0 Å². The van der Waals surface area contributed by atoms with Crippen LogP contribution in [0.5, 0.6) is 11.8 Å². The molecule has 0 saturated heterocycles. The highest BCUT2D eigenvalue weighted by Crippen LogP contribution is 2.19. The van der Waals surface area contributed by atoms with E-state index < -0.39 is 0 Å². The molecule has 2 heterocycles. The van der Waals surface area contributed by atoms with Gasteiger partial charge in [-0.3, -0.25) is 4.79 Å². The summed E-state index contributed by atoms with van der Waals surface area (Å²) >= 11 is 1.48. The highest BCUT2D eigenvalue weighted by atomic mass is 32.1. The van der Waals surface area contributed by atoms with Crippen molar-refractivity contribution >= 4 is 29.0 Å². The van der Waals surface area contributed by atoms with Crippen LogP contribution < -0.4 is 10.1 Å². The molecule has 0 unspecified atom stereocenters. The molecular weight excluding hydrogens is 312 g/mol. The predicted octanol–water partition coefficient (Wildman–Crippen LogP) is 3.38. The third-order valence-electron chi connectivity index (χ3n) is 2.73. The fraction of sp³-hybridized carbons (Fsp3) is 0. The Bertz CT molecular complexity index is 787. The minimum absolute atomic E-state index is 0.224. The van der Waals surface area contributed by atoms with E-state index in [1.807, 2.05) is 5.38 Å². The number of benzene rings is 1. The fourth-order valence-corrected chi connectivity index (χ4v) is 2.22. The summed E-state index contributed by atoms with van der Waals surface area (Å²) in [6.07, 6.45) is 6.31. The Labute approximate surface area is 136 Å². The lowest BCUT2D eigenvalue weighted by atomic mass is 10.3. The van der Waals surface area contributed by atoms with Crippen molar-refractivity contribution in [1.82, 2.24) is 15.0 Å². The van der Waals surface area contributed by atoms with Crippen molar-refractivity contribution in [2.75, 3.05) is 5.32 Å². The molecule has 0 aliphatic carbocycles. The number of amides is 1. The van der Waals surface area contributed by atoms with Gasteiger partial charge < -0.3 is 10.1 Å². The summed E-state index contributed by atoms with van der Waals surface area (Å²) in [5.74, 6) is 0.366. The van der Waals surface area contributed by atoms with Crippen LogP contribution in [0.1, 0.15) is 5.69 Å². The van der Waals surface area contributed by atoms with Crippen LogP contribution >= 0.6 is 11.3 Å². The number of ether oxygens (including phenoxy) is 1. The first-order chi connectivity index (χ1) is 11.3. The summed E-state index contributed by atoms with van der Waals surface area (Å²) in [5, 5.41) is 4.62. The topological polar surface area (TPSA) is 77.0 Å². The van der Waals surface area contributed by atoms with Crippen molar-refractivity contribution in [2.24, 2.45) is 0 Å². The van der Waals surface area contributed by atoms with Gasteiger partial charge in [0, 0.05) is 29.5 Å². The summed E-state index contributed by atoms with van der Waals surface area (Å²) in [4.78, 5) is 23.8. The maximum absolute atomic E-state index is 11.8. The van der Waals surface area contributed by atoms with E-state index in [9.17, 15) is 4.79 Å². The first-order valence-electron chi connectivity index (χ1n) is 6.72. The van der Waals surface area contributed by atoms with Crippen molar-refractivity contribution in [3.05, 3.63) is 65.4 Å². The Balaban J connectivity index is 1.58. The van der Waals surface area contributed by atoms with Crippen LogP contribution in [0.15, 0.2) is 59.7 Å². The zero-order valence-corrected chi connectivity index (χ0v) is 12.7. The van der Waals surface area contributed by atoms with E-state index in [1.54, 1.807) is 54.3 Å². The van der Waals surface area contributed by atoms with Crippen molar-refractivity contribution in [3.8, 4) is 11.8 Å². The molecule has 3 rings (SSSR count). The lowest BCUT2D eigenvalue weighted by Crippen LogP contribution is -2.07. The van der Waals surface area contributed by atoms with Crippen LogP contribution in [0.25, 0.3) is 6.08 Å². The minimum atomic E-state index is -0.224. The second-order valence-electron chi connectivity index (χ2n) is 4.39. The minimum Gasteiger partial charge on any atom is -0.424 e. The van der Waals surface area contributed by atoms with Crippen LogP contribution in [0.3, 0.4) is 0 Å². The molecule has 0 radical (unpaired) electrons. The summed E-state index contributed by atoms with van der Waals surface area (Å²) in [6.45, 7) is 0. The molecule has 114 valence electrons. The second-order valence-corrected chi connectivity index (χ2v) is 5.11. The maximum Gasteiger partial charge on any atom is 0.321 e. The van der Waals surface area contributed by atoms with Crippen LogP contribution in [-0.4, -0.2) is 20.9 Å². The van der Waals surface area contributed by atoms with Gasteiger partial charge in [-0.25, -0.2) is 15.0 Å². The van der Waals surface area contributed by atoms with Gasteiger partial charge in [-0.05, 0) is 36.4 Å². The Morgan fingerprint density at radius 1 is 1.13 bits per heavy atom. The van der Waals surface area contributed by atoms with Gasteiger partial charge in [0.2, 0.25) is 5.91 Å². The van der Waals surface area contributed by atoms with Crippen molar-refractivity contribution in [3.63, 3.8) is 0 Å². The molecule has 0 saturated carbocycles. The lowest BCUT2D eigenvalue weighted by molar-refractivity contribution is -0.111. The summed E-state index contributed by atoms with van der Waals surface area (Å²) in [7, 11) is 0. The Kier molecular flexibility index (Phi) is 4.70. The van der Waals surface area contributed by atoms with Crippen LogP contribution in [0.4, 0.5) is 5.69 Å². The van der Waals surface area contributed by atoms with Crippen LogP contribution in [0, 0.1) is 0 Å². The van der Waals surface area contributed by atoms with Gasteiger partial charge in [0.1, 0.15) is 5.75 Å². The van der Waals surface area contributed by atoms with E-state index >= 15 is 0 Å². The third kappa shape index (κ3) is 4.45. The molecule has 1 N–H and O–H groups in total. The Morgan fingerprint density at radius 3 is 2.61 bits per heavy atom. The zero-order chi connectivity index (χ0) is 15.9. The number of rotatable bonds is 5. The second kappa shape index (κ2) is 7.28. The van der Waals surface area contributed by atoms with Crippen molar-refractivity contribution in [1.29, 1.82) is 0 Å². The van der Waals surface area contributed by atoms with E-state index in [-0.39, 0.29) is 11.9 Å². The largest absolute Gasteiger partial charge is 0.424 e. The fourth-order valence-electron chi connectivity index (χ4n) is 1.70. The number of hydrogen-bond acceptors (Lipinski definition) is 6. The van der Waals surface area contributed by atoms with E-state index in [1.165, 1.54) is 17.4 Å². The molecule has 0 bridgehead atoms. The number of anilines is 1. The molecule has 0 spiro atoms. The number of aromatic nitrogens is 3. The molecule has 23 heavy (non-hydrogen) atoms. The molecule has 3 aromatic rings. The standard InChI is InChI=1S/C16H12N4O2S/c21-15(7-4-13-10-23-11-19-13)20-12-2-5-14(6-3-12)22-16-17-8-1-9-18-16/h1-11H,(H,20,21)/b7-4+. The van der Waals surface area contributed by atoms with E-state index in [0.29, 0.717) is 11.4 Å². The average molecular weight is 324 g/mol. The number of hydrogen-bond donors (Lipinski definition) is 1. The highest BCUT2D eigenvalue weighted by Gasteiger charge is 2.01. The smallest absolute Gasteiger partial charge is 0.321 e. The Hall–Kier alpha value is -3.06. The number of carbonyl (C=O) groups excluding carboxylic acids is 1. The molecule has 6 nitrogen and oxygen atoms in total. The number of thiazole rings is 1. The molecule has 0 aliphatic heterocycles. The van der Waals surface area contributed by atoms with Gasteiger partial charge in [-0.1, -0.05) is 0 Å². The first kappa shape index (κ1) is 14.9. The van der Waals surface area contributed by atoms with Crippen molar-refractivity contribution in [2.45, 2.75) is 0 Å². The van der Waals surface area contributed by atoms with Gasteiger partial charge >= 0.3 is 6.01 Å². The van der Waals surface area contributed by atoms with Gasteiger partial charge in [0.15, 0.2) is 0 Å². The SMILES string of the molecule is O=C(/C=C/c1cscn1)Nc1ccc(Oc2ncccn2)cc1. The summed E-state index contributed by atoms with van der Waals surface area (Å²) in [5.41, 5.74) is 3.14. The van der Waals surface area contributed by atoms with Gasteiger partial charge in [0.25, 0.3) is 0 Å². The predicted molar refractivity (Wildman–Crippen MR) is 88.3 cm³/mol. The Morgan fingerprint density at radius 2 is 1.91 bits per heavy atom. The zero-order valence-electron chi connectivity index (χ0n) is 11.9. The molecule has 7 heteroatoms. The molecule has 0 aliphatic rings. The maximum atomic E-state index is 11.8. The highest BCUT2D eigenvalue weighted by molar-refractivity contribution is 7.07. The van der Waals surface area contributed by atoms with E-state index in [4.69, 9.17) is 4.74 Å². The molecule has 0 atom stereocenters.